The lowest BCUT2D eigenvalue weighted by molar-refractivity contribution is -0.139. The van der Waals surface area contributed by atoms with Gasteiger partial charge in [0.25, 0.3) is 0 Å². The Morgan fingerprint density at radius 1 is 1.35 bits per heavy atom. The van der Waals surface area contributed by atoms with Crippen LogP contribution in [0.2, 0.25) is 0 Å². The van der Waals surface area contributed by atoms with Crippen LogP contribution in [0.25, 0.3) is 0 Å². The molecule has 1 saturated carbocycles. The summed E-state index contributed by atoms with van der Waals surface area (Å²) in [6, 6.07) is -2.13. The van der Waals surface area contributed by atoms with Crippen LogP contribution in [0.15, 0.2) is 0 Å². The van der Waals surface area contributed by atoms with E-state index in [-0.39, 0.29) is 25.0 Å². The zero-order valence-electron chi connectivity index (χ0n) is 11.3. The molecular weight excluding hydrogens is 266 g/mol. The number of nitrogens with one attached hydrogen (secondary N) is 2. The van der Waals surface area contributed by atoms with Gasteiger partial charge in [0.2, 0.25) is 5.91 Å². The summed E-state index contributed by atoms with van der Waals surface area (Å²) in [7, 11) is 1.48. The number of carbonyl (C=O) groups excluding carboxylic acids is 2. The van der Waals surface area contributed by atoms with Crippen LogP contribution < -0.4 is 10.6 Å². The van der Waals surface area contributed by atoms with E-state index in [1.807, 2.05) is 0 Å². The second kappa shape index (κ2) is 6.08. The van der Waals surface area contributed by atoms with Crippen LogP contribution in [0.3, 0.4) is 0 Å². The number of carboxylic acids is 1. The van der Waals surface area contributed by atoms with E-state index in [4.69, 9.17) is 9.84 Å². The van der Waals surface area contributed by atoms with Gasteiger partial charge in [0, 0.05) is 13.6 Å². The minimum absolute atomic E-state index is 0.00376. The van der Waals surface area contributed by atoms with Gasteiger partial charge in [-0.25, -0.2) is 9.59 Å². The lowest BCUT2D eigenvalue weighted by Crippen LogP contribution is -2.60. The van der Waals surface area contributed by atoms with Crippen LogP contribution in [-0.4, -0.2) is 66.8 Å². The molecule has 2 unspecified atom stereocenters. The van der Waals surface area contributed by atoms with Crippen LogP contribution in [-0.2, 0) is 14.3 Å². The number of hydrogen-bond acceptors (Lipinski definition) is 4. The molecule has 8 nitrogen and oxygen atoms in total. The molecule has 0 aromatic carbocycles. The third-order valence-corrected chi connectivity index (χ3v) is 3.58. The van der Waals surface area contributed by atoms with E-state index in [2.05, 4.69) is 10.6 Å². The standard InChI is InChI=1S/C12H19N3O5/c1-13-10(16)8-6-20-5-4-15(8)12(19)14-9(11(17)18)7-2-3-7/h7-9H,2-6H2,1H3,(H,13,16)(H,14,19)(H,17,18). The number of urea groups is 1. The van der Waals surface area contributed by atoms with E-state index in [1.54, 1.807) is 0 Å². The van der Waals surface area contributed by atoms with Crippen LogP contribution >= 0.6 is 0 Å². The van der Waals surface area contributed by atoms with Crippen molar-refractivity contribution in [2.45, 2.75) is 24.9 Å². The number of nitrogens with zero attached hydrogens (tertiary/aromatic N) is 1. The SMILES string of the molecule is CNC(=O)C1COCCN1C(=O)NC(C(=O)O)C1CC1. The molecule has 1 aliphatic carbocycles. The van der Waals surface area contributed by atoms with Gasteiger partial charge in [0.05, 0.1) is 13.2 Å². The van der Waals surface area contributed by atoms with Crippen LogP contribution in [0.5, 0.6) is 0 Å². The number of likely N-dealkylation sites (N-methyl/N-ethyl adjacent to an activating group) is 1. The first-order chi connectivity index (χ1) is 9.54. The van der Waals surface area contributed by atoms with Crippen molar-refractivity contribution in [3.8, 4) is 0 Å². The van der Waals surface area contributed by atoms with Gasteiger partial charge >= 0.3 is 12.0 Å². The maximum Gasteiger partial charge on any atom is 0.326 e. The molecule has 0 radical (unpaired) electrons. The van der Waals surface area contributed by atoms with Gasteiger partial charge in [-0.3, -0.25) is 4.79 Å². The molecule has 0 bridgehead atoms. The largest absolute Gasteiger partial charge is 0.480 e. The summed E-state index contributed by atoms with van der Waals surface area (Å²) in [5.41, 5.74) is 0. The Kier molecular flexibility index (Phi) is 4.43. The van der Waals surface area contributed by atoms with E-state index in [9.17, 15) is 14.4 Å². The number of carboxylic acid groups (broad SMARTS) is 1. The van der Waals surface area contributed by atoms with Crippen molar-refractivity contribution in [3.05, 3.63) is 0 Å². The average Bonchev–Trinajstić information content (AvgIpc) is 3.27. The van der Waals surface area contributed by atoms with E-state index in [1.165, 1.54) is 11.9 Å². The number of morpholine rings is 1. The fourth-order valence-corrected chi connectivity index (χ4v) is 2.26. The summed E-state index contributed by atoms with van der Waals surface area (Å²) in [4.78, 5) is 36.4. The Hall–Kier alpha value is -1.83. The number of carbonyl (C=O) groups is 3. The van der Waals surface area contributed by atoms with E-state index in [0.717, 1.165) is 12.8 Å². The number of hydrogen-bond donors (Lipinski definition) is 3. The summed E-state index contributed by atoms with van der Waals surface area (Å²) >= 11 is 0. The molecule has 3 N–H and O–H groups in total. The first kappa shape index (κ1) is 14.6. The highest BCUT2D eigenvalue weighted by atomic mass is 16.5. The quantitative estimate of drug-likeness (QED) is 0.614. The zero-order valence-corrected chi connectivity index (χ0v) is 11.3. The Morgan fingerprint density at radius 3 is 2.60 bits per heavy atom. The van der Waals surface area contributed by atoms with Gasteiger partial charge in [-0.1, -0.05) is 0 Å². The Balaban J connectivity index is 2.01. The van der Waals surface area contributed by atoms with Crippen LogP contribution in [0.1, 0.15) is 12.8 Å². The Labute approximate surface area is 116 Å². The van der Waals surface area contributed by atoms with Crippen molar-refractivity contribution in [3.63, 3.8) is 0 Å². The van der Waals surface area contributed by atoms with Crippen molar-refractivity contribution >= 4 is 17.9 Å². The molecule has 20 heavy (non-hydrogen) atoms. The van der Waals surface area contributed by atoms with Gasteiger partial charge in [0.1, 0.15) is 12.1 Å². The van der Waals surface area contributed by atoms with Gasteiger partial charge in [-0.15, -0.1) is 0 Å². The van der Waals surface area contributed by atoms with Gasteiger partial charge in [0.15, 0.2) is 0 Å². The summed E-state index contributed by atoms with van der Waals surface area (Å²) in [6.45, 7) is 0.720. The molecule has 3 amide bonds. The number of aliphatic carboxylic acids is 1. The minimum atomic E-state index is -1.04. The lowest BCUT2D eigenvalue weighted by Gasteiger charge is -2.34. The predicted octanol–water partition coefficient (Wildman–Crippen LogP) is -0.994. The van der Waals surface area contributed by atoms with Crippen LogP contribution in [0.4, 0.5) is 4.79 Å². The second-order valence-electron chi connectivity index (χ2n) is 5.00. The Bertz CT molecular complexity index is 410. The van der Waals surface area contributed by atoms with Crippen molar-refractivity contribution in [1.82, 2.24) is 15.5 Å². The summed E-state index contributed by atoms with van der Waals surface area (Å²) in [5.74, 6) is -1.36. The van der Waals surface area contributed by atoms with Crippen molar-refractivity contribution in [1.29, 1.82) is 0 Å². The highest BCUT2D eigenvalue weighted by molar-refractivity contribution is 5.89. The highest BCUT2D eigenvalue weighted by Gasteiger charge is 2.40. The molecule has 0 aromatic heterocycles. The lowest BCUT2D eigenvalue weighted by atomic mass is 10.2. The smallest absolute Gasteiger partial charge is 0.326 e. The second-order valence-corrected chi connectivity index (χ2v) is 5.00. The molecule has 1 saturated heterocycles. The summed E-state index contributed by atoms with van der Waals surface area (Å²) in [5, 5.41) is 14.1. The molecule has 112 valence electrons. The molecule has 2 fully saturated rings. The number of ether oxygens (including phenoxy) is 1. The zero-order chi connectivity index (χ0) is 14.7. The molecule has 2 aliphatic rings. The molecule has 8 heteroatoms. The molecule has 0 aromatic rings. The number of rotatable bonds is 4. The van der Waals surface area contributed by atoms with Crippen LogP contribution in [0, 0.1) is 5.92 Å². The topological polar surface area (TPSA) is 108 Å². The van der Waals surface area contributed by atoms with Crippen molar-refractivity contribution < 1.29 is 24.2 Å². The van der Waals surface area contributed by atoms with Crippen molar-refractivity contribution in [2.75, 3.05) is 26.8 Å². The van der Waals surface area contributed by atoms with E-state index < -0.39 is 24.1 Å². The first-order valence-electron chi connectivity index (χ1n) is 6.64. The van der Waals surface area contributed by atoms with Crippen molar-refractivity contribution in [2.24, 2.45) is 5.92 Å². The highest BCUT2D eigenvalue weighted by Crippen LogP contribution is 2.32. The monoisotopic (exact) mass is 285 g/mol. The maximum absolute atomic E-state index is 12.2. The number of amides is 3. The fourth-order valence-electron chi connectivity index (χ4n) is 2.26. The summed E-state index contributed by atoms with van der Waals surface area (Å²) < 4.78 is 5.20. The minimum Gasteiger partial charge on any atom is -0.480 e. The predicted molar refractivity (Wildman–Crippen MR) is 68.1 cm³/mol. The van der Waals surface area contributed by atoms with Gasteiger partial charge in [-0.2, -0.15) is 0 Å². The third kappa shape index (κ3) is 3.19. The summed E-state index contributed by atoms with van der Waals surface area (Å²) in [6.07, 6.45) is 1.61. The van der Waals surface area contributed by atoms with Gasteiger partial charge in [-0.05, 0) is 18.8 Å². The van der Waals surface area contributed by atoms with Gasteiger partial charge < -0.3 is 25.4 Å². The molecule has 0 spiro atoms. The molecule has 1 aliphatic heterocycles. The molecule has 2 rings (SSSR count). The van der Waals surface area contributed by atoms with E-state index >= 15 is 0 Å². The molecule has 2 atom stereocenters. The third-order valence-electron chi connectivity index (χ3n) is 3.58. The molecular formula is C12H19N3O5. The molecule has 1 heterocycles. The normalized spacial score (nSPS) is 23.9. The first-order valence-corrected chi connectivity index (χ1v) is 6.64. The average molecular weight is 285 g/mol. The Morgan fingerprint density at radius 2 is 2.05 bits per heavy atom. The van der Waals surface area contributed by atoms with E-state index in [0.29, 0.717) is 6.61 Å². The maximum atomic E-state index is 12.2. The fraction of sp³-hybridized carbons (Fsp3) is 0.750.